The summed E-state index contributed by atoms with van der Waals surface area (Å²) in [6.45, 7) is 0. The summed E-state index contributed by atoms with van der Waals surface area (Å²) in [6, 6.07) is 0. The minimum Gasteiger partial charge on any atom is -0.368 e. The van der Waals surface area contributed by atoms with Crippen LogP contribution in [0.3, 0.4) is 0 Å². The smallest absolute Gasteiger partial charge is 0.252 e. The number of hydrogen-bond donors (Lipinski definition) is 2. The third kappa shape index (κ3) is 1.47. The van der Waals surface area contributed by atoms with Gasteiger partial charge in [-0.15, -0.1) is 0 Å². The second-order valence-corrected chi connectivity index (χ2v) is 2.10. The van der Waals surface area contributed by atoms with E-state index in [-0.39, 0.29) is 0 Å². The number of nitrogens with one attached hydrogen (secondary N) is 1. The van der Waals surface area contributed by atoms with Gasteiger partial charge < -0.3 is 15.2 Å². The first-order chi connectivity index (χ1) is 5.19. The van der Waals surface area contributed by atoms with Crippen molar-refractivity contribution in [2.45, 2.75) is 5.79 Å². The first-order valence-electron chi connectivity index (χ1n) is 3.11. The van der Waals surface area contributed by atoms with Gasteiger partial charge in [0.2, 0.25) is 5.78 Å². The Kier molecular flexibility index (Phi) is 2.07. The summed E-state index contributed by atoms with van der Waals surface area (Å²) in [6.07, 6.45) is 5.32. The van der Waals surface area contributed by atoms with Crippen molar-refractivity contribution in [2.24, 2.45) is 0 Å². The zero-order chi connectivity index (χ0) is 8.32. The van der Waals surface area contributed by atoms with Gasteiger partial charge in [-0.05, 0) is 6.08 Å². The van der Waals surface area contributed by atoms with Crippen LogP contribution in [0.15, 0.2) is 24.6 Å². The van der Waals surface area contributed by atoms with E-state index in [1.165, 1.54) is 31.7 Å². The largest absolute Gasteiger partial charge is 0.368 e. The number of carbonyl (C=O) groups excluding carboxylic acids is 1. The molecule has 60 valence electrons. The van der Waals surface area contributed by atoms with E-state index < -0.39 is 11.6 Å². The molecule has 1 rings (SSSR count). The van der Waals surface area contributed by atoms with Gasteiger partial charge in [0, 0.05) is 25.6 Å². The van der Waals surface area contributed by atoms with Crippen molar-refractivity contribution in [3.8, 4) is 0 Å². The highest BCUT2D eigenvalue weighted by Crippen LogP contribution is 2.11. The number of ether oxygens (including phenoxy) is 1. The molecule has 0 saturated carbocycles. The van der Waals surface area contributed by atoms with Gasteiger partial charge in [0.1, 0.15) is 0 Å². The molecule has 0 saturated heterocycles. The number of hydrogen-bond acceptors (Lipinski definition) is 4. The molecule has 0 radical (unpaired) electrons. The zero-order valence-corrected chi connectivity index (χ0v) is 6.07. The van der Waals surface area contributed by atoms with Crippen LogP contribution in [-0.4, -0.2) is 23.8 Å². The van der Waals surface area contributed by atoms with E-state index in [1.807, 2.05) is 0 Å². The number of methoxy groups -OCH3 is 1. The van der Waals surface area contributed by atoms with Gasteiger partial charge in [-0.3, -0.25) is 4.79 Å². The highest BCUT2D eigenvalue weighted by molar-refractivity contribution is 5.97. The minimum atomic E-state index is -1.81. The van der Waals surface area contributed by atoms with Crippen molar-refractivity contribution in [3.63, 3.8) is 0 Å². The number of aliphatic hydroxyl groups is 1. The van der Waals surface area contributed by atoms with Crippen LogP contribution in [0.2, 0.25) is 0 Å². The predicted octanol–water partition coefficient (Wildman–Crippen LogP) is -0.479. The Morgan fingerprint density at radius 2 is 2.36 bits per heavy atom. The van der Waals surface area contributed by atoms with Crippen molar-refractivity contribution in [2.75, 3.05) is 7.11 Å². The lowest BCUT2D eigenvalue weighted by Gasteiger charge is -2.17. The molecular weight excluding hydrogens is 146 g/mol. The summed E-state index contributed by atoms with van der Waals surface area (Å²) in [5, 5.41) is 12.0. The van der Waals surface area contributed by atoms with Gasteiger partial charge in [-0.2, -0.15) is 0 Å². The molecule has 0 aromatic rings. The SMILES string of the molecule is CO[C@@]1(O)C=CNC=CC1=O. The third-order valence-corrected chi connectivity index (χ3v) is 1.40. The van der Waals surface area contributed by atoms with E-state index in [2.05, 4.69) is 10.1 Å². The van der Waals surface area contributed by atoms with Gasteiger partial charge >= 0.3 is 0 Å². The Morgan fingerprint density at radius 3 is 3.00 bits per heavy atom. The average molecular weight is 155 g/mol. The summed E-state index contributed by atoms with van der Waals surface area (Å²) < 4.78 is 4.60. The maximum absolute atomic E-state index is 11.0. The quantitative estimate of drug-likeness (QED) is 0.502. The van der Waals surface area contributed by atoms with E-state index in [0.717, 1.165) is 0 Å². The highest BCUT2D eigenvalue weighted by Gasteiger charge is 2.31. The Morgan fingerprint density at radius 1 is 1.64 bits per heavy atom. The summed E-state index contributed by atoms with van der Waals surface area (Å²) in [5.41, 5.74) is 0. The monoisotopic (exact) mass is 155 g/mol. The Balaban J connectivity index is 2.92. The van der Waals surface area contributed by atoms with Crippen molar-refractivity contribution in [1.82, 2.24) is 5.32 Å². The summed E-state index contributed by atoms with van der Waals surface area (Å²) in [5.74, 6) is -2.30. The average Bonchev–Trinajstić information content (AvgIpc) is 2.16. The van der Waals surface area contributed by atoms with Crippen LogP contribution in [0.4, 0.5) is 0 Å². The summed E-state index contributed by atoms with van der Waals surface area (Å²) in [4.78, 5) is 11.0. The van der Waals surface area contributed by atoms with Crippen LogP contribution >= 0.6 is 0 Å². The Bertz CT molecular complexity index is 222. The standard InChI is InChI=1S/C7H9NO3/c1-11-7(10)3-5-8-4-2-6(7)9/h2-5,8,10H,1H3/t7-/m0/s1. The van der Waals surface area contributed by atoms with Crippen molar-refractivity contribution >= 4 is 5.78 Å². The van der Waals surface area contributed by atoms with Crippen LogP contribution < -0.4 is 5.32 Å². The first kappa shape index (κ1) is 7.97. The third-order valence-electron chi connectivity index (χ3n) is 1.40. The van der Waals surface area contributed by atoms with Gasteiger partial charge in [0.25, 0.3) is 5.79 Å². The van der Waals surface area contributed by atoms with Gasteiger partial charge in [0.15, 0.2) is 0 Å². The van der Waals surface area contributed by atoms with Crippen LogP contribution in [0, 0.1) is 0 Å². The zero-order valence-electron chi connectivity index (χ0n) is 6.07. The maximum Gasteiger partial charge on any atom is 0.252 e. The lowest BCUT2D eigenvalue weighted by atomic mass is 10.2. The minimum absolute atomic E-state index is 0.499. The molecule has 0 unspecified atom stereocenters. The first-order valence-corrected chi connectivity index (χ1v) is 3.11. The number of rotatable bonds is 1. The number of ketones is 1. The topological polar surface area (TPSA) is 58.6 Å². The molecule has 2 N–H and O–H groups in total. The van der Waals surface area contributed by atoms with Crippen LogP contribution in [-0.2, 0) is 9.53 Å². The lowest BCUT2D eigenvalue weighted by molar-refractivity contribution is -0.169. The molecule has 0 spiro atoms. The summed E-state index contributed by atoms with van der Waals surface area (Å²) in [7, 11) is 1.27. The lowest BCUT2D eigenvalue weighted by Crippen LogP contribution is -2.36. The second-order valence-electron chi connectivity index (χ2n) is 2.10. The van der Waals surface area contributed by atoms with Gasteiger partial charge in [-0.25, -0.2) is 0 Å². The highest BCUT2D eigenvalue weighted by atomic mass is 16.6. The molecule has 11 heavy (non-hydrogen) atoms. The molecule has 1 aliphatic rings. The fourth-order valence-electron chi connectivity index (χ4n) is 0.711. The normalized spacial score (nSPS) is 29.8. The molecule has 1 atom stereocenters. The molecule has 0 amide bonds. The fourth-order valence-corrected chi connectivity index (χ4v) is 0.711. The van der Waals surface area contributed by atoms with Crippen molar-refractivity contribution in [3.05, 3.63) is 24.6 Å². The van der Waals surface area contributed by atoms with E-state index in [9.17, 15) is 9.90 Å². The predicted molar refractivity (Wildman–Crippen MR) is 38.4 cm³/mol. The molecule has 0 bridgehead atoms. The molecule has 0 fully saturated rings. The molecule has 4 heteroatoms. The molecule has 4 nitrogen and oxygen atoms in total. The van der Waals surface area contributed by atoms with E-state index in [4.69, 9.17) is 0 Å². The Labute approximate surface area is 64.2 Å². The molecular formula is C7H9NO3. The van der Waals surface area contributed by atoms with Gasteiger partial charge in [-0.1, -0.05) is 0 Å². The summed E-state index contributed by atoms with van der Waals surface area (Å²) >= 11 is 0. The van der Waals surface area contributed by atoms with E-state index in [0.29, 0.717) is 0 Å². The van der Waals surface area contributed by atoms with Gasteiger partial charge in [0.05, 0.1) is 0 Å². The van der Waals surface area contributed by atoms with Crippen LogP contribution in [0.1, 0.15) is 0 Å². The second kappa shape index (κ2) is 2.86. The number of carbonyl (C=O) groups is 1. The van der Waals surface area contributed by atoms with Crippen molar-refractivity contribution in [1.29, 1.82) is 0 Å². The molecule has 1 aliphatic heterocycles. The van der Waals surface area contributed by atoms with Crippen LogP contribution in [0.5, 0.6) is 0 Å². The maximum atomic E-state index is 11.0. The molecule has 1 heterocycles. The van der Waals surface area contributed by atoms with E-state index in [1.54, 1.807) is 0 Å². The molecule has 0 aromatic heterocycles. The fraction of sp³-hybridized carbons (Fsp3) is 0.286. The van der Waals surface area contributed by atoms with Crippen LogP contribution in [0.25, 0.3) is 0 Å². The Hall–Kier alpha value is -1.13. The molecule has 0 aromatic carbocycles. The molecule has 0 aliphatic carbocycles. The van der Waals surface area contributed by atoms with Crippen molar-refractivity contribution < 1.29 is 14.6 Å². The van der Waals surface area contributed by atoms with E-state index >= 15 is 0 Å².